The van der Waals surface area contributed by atoms with E-state index in [0.717, 1.165) is 16.5 Å². The summed E-state index contributed by atoms with van der Waals surface area (Å²) in [5.41, 5.74) is 5.33. The number of hydrogen-bond donors (Lipinski definition) is 2. The molecule has 0 fully saturated rings. The Morgan fingerprint density at radius 3 is 2.67 bits per heavy atom. The highest BCUT2D eigenvalue weighted by atomic mass is 127. The van der Waals surface area contributed by atoms with Gasteiger partial charge in [0.1, 0.15) is 0 Å². The number of anilines is 1. The maximum absolute atomic E-state index is 5.33. The first-order chi connectivity index (χ1) is 5.83. The number of aromatic nitrogens is 2. The molecule has 4 nitrogen and oxygen atoms in total. The second-order valence-corrected chi connectivity index (χ2v) is 3.54. The zero-order valence-corrected chi connectivity index (χ0v) is 8.78. The third kappa shape index (κ3) is 3.31. The lowest BCUT2D eigenvalue weighted by molar-refractivity contribution is 0.863. The Labute approximate surface area is 85.1 Å². The van der Waals surface area contributed by atoms with Gasteiger partial charge in [-0.25, -0.2) is 9.97 Å². The predicted octanol–water partition coefficient (Wildman–Crippen LogP) is 0.842. The topological polar surface area (TPSA) is 63.8 Å². The van der Waals surface area contributed by atoms with Crippen LogP contribution in [0.1, 0.15) is 6.42 Å². The molecule has 0 aromatic carbocycles. The van der Waals surface area contributed by atoms with Gasteiger partial charge in [-0.15, -0.1) is 0 Å². The molecular formula is C7H11IN4. The van der Waals surface area contributed by atoms with Gasteiger partial charge in [0.2, 0.25) is 5.95 Å². The van der Waals surface area contributed by atoms with Gasteiger partial charge in [-0.1, -0.05) is 0 Å². The van der Waals surface area contributed by atoms with Crippen LogP contribution in [-0.4, -0.2) is 23.1 Å². The first-order valence-corrected chi connectivity index (χ1v) is 4.82. The van der Waals surface area contributed by atoms with Crippen molar-refractivity contribution < 1.29 is 0 Å². The number of halogens is 1. The molecule has 0 amide bonds. The zero-order chi connectivity index (χ0) is 8.81. The van der Waals surface area contributed by atoms with Crippen molar-refractivity contribution in [3.63, 3.8) is 0 Å². The number of nitrogens with two attached hydrogens (primary N) is 1. The van der Waals surface area contributed by atoms with Crippen LogP contribution in [0.5, 0.6) is 0 Å². The van der Waals surface area contributed by atoms with Gasteiger partial charge < -0.3 is 11.1 Å². The number of hydrogen-bond acceptors (Lipinski definition) is 4. The fraction of sp³-hybridized carbons (Fsp3) is 0.429. The quantitative estimate of drug-likeness (QED) is 0.633. The van der Waals surface area contributed by atoms with Gasteiger partial charge in [-0.05, 0) is 35.6 Å². The Morgan fingerprint density at radius 1 is 1.42 bits per heavy atom. The molecule has 0 saturated carbocycles. The number of nitrogens with zero attached hydrogens (tertiary/aromatic N) is 2. The second-order valence-electron chi connectivity index (χ2n) is 2.29. The van der Waals surface area contributed by atoms with Crippen LogP contribution >= 0.6 is 22.6 Å². The lowest BCUT2D eigenvalue weighted by atomic mass is 10.4. The molecule has 0 unspecified atom stereocenters. The molecule has 1 heterocycles. The van der Waals surface area contributed by atoms with Gasteiger partial charge in [-0.2, -0.15) is 0 Å². The average molecular weight is 278 g/mol. The van der Waals surface area contributed by atoms with Crippen LogP contribution in [0.15, 0.2) is 12.4 Å². The minimum Gasteiger partial charge on any atom is -0.354 e. The van der Waals surface area contributed by atoms with Crippen LogP contribution in [0.4, 0.5) is 5.95 Å². The largest absolute Gasteiger partial charge is 0.354 e. The van der Waals surface area contributed by atoms with Crippen LogP contribution < -0.4 is 11.1 Å². The van der Waals surface area contributed by atoms with Crippen molar-refractivity contribution >= 4 is 28.5 Å². The molecule has 1 aromatic heterocycles. The van der Waals surface area contributed by atoms with E-state index in [2.05, 4.69) is 37.9 Å². The molecule has 0 aliphatic heterocycles. The van der Waals surface area contributed by atoms with Crippen molar-refractivity contribution in [2.75, 3.05) is 18.4 Å². The van der Waals surface area contributed by atoms with Crippen molar-refractivity contribution in [1.29, 1.82) is 0 Å². The van der Waals surface area contributed by atoms with Crippen molar-refractivity contribution in [3.05, 3.63) is 16.0 Å². The molecule has 0 saturated heterocycles. The standard InChI is InChI=1S/C7H11IN4/c8-6-4-11-7(12-5-6)10-3-1-2-9/h4-5H,1-3,9H2,(H,10,11,12). The van der Waals surface area contributed by atoms with Gasteiger partial charge in [0.15, 0.2) is 0 Å². The zero-order valence-electron chi connectivity index (χ0n) is 6.63. The van der Waals surface area contributed by atoms with E-state index >= 15 is 0 Å². The lowest BCUT2D eigenvalue weighted by Crippen LogP contribution is -2.10. The Hall–Kier alpha value is -0.430. The lowest BCUT2D eigenvalue weighted by Gasteiger charge is -2.01. The average Bonchev–Trinajstić information content (AvgIpc) is 2.09. The van der Waals surface area contributed by atoms with Crippen LogP contribution in [-0.2, 0) is 0 Å². The Bertz CT molecular complexity index is 223. The third-order valence-electron chi connectivity index (χ3n) is 1.28. The molecule has 0 aliphatic rings. The molecule has 3 N–H and O–H groups in total. The third-order valence-corrected chi connectivity index (χ3v) is 1.84. The second kappa shape index (κ2) is 5.26. The Kier molecular flexibility index (Phi) is 4.23. The molecule has 5 heteroatoms. The summed E-state index contributed by atoms with van der Waals surface area (Å²) in [7, 11) is 0. The van der Waals surface area contributed by atoms with Crippen LogP contribution in [0.2, 0.25) is 0 Å². The molecule has 0 aliphatic carbocycles. The monoisotopic (exact) mass is 278 g/mol. The van der Waals surface area contributed by atoms with Crippen molar-refractivity contribution in [2.24, 2.45) is 5.73 Å². The molecule has 0 radical (unpaired) electrons. The summed E-state index contributed by atoms with van der Waals surface area (Å²) in [6.45, 7) is 1.52. The smallest absolute Gasteiger partial charge is 0.222 e. The van der Waals surface area contributed by atoms with Gasteiger partial charge in [0, 0.05) is 22.5 Å². The maximum Gasteiger partial charge on any atom is 0.222 e. The SMILES string of the molecule is NCCCNc1ncc(I)cn1. The number of nitrogens with one attached hydrogen (secondary N) is 1. The van der Waals surface area contributed by atoms with Gasteiger partial charge >= 0.3 is 0 Å². The predicted molar refractivity (Wildman–Crippen MR) is 56.9 cm³/mol. The summed E-state index contributed by atoms with van der Waals surface area (Å²) >= 11 is 2.17. The summed E-state index contributed by atoms with van der Waals surface area (Å²) in [4.78, 5) is 8.16. The molecule has 1 aromatic rings. The van der Waals surface area contributed by atoms with Crippen LogP contribution in [0.25, 0.3) is 0 Å². The van der Waals surface area contributed by atoms with E-state index in [1.54, 1.807) is 12.4 Å². The fourth-order valence-corrected chi connectivity index (χ4v) is 0.984. The van der Waals surface area contributed by atoms with Gasteiger partial charge in [-0.3, -0.25) is 0 Å². The summed E-state index contributed by atoms with van der Waals surface area (Å²) < 4.78 is 1.04. The van der Waals surface area contributed by atoms with E-state index in [-0.39, 0.29) is 0 Å². The highest BCUT2D eigenvalue weighted by Crippen LogP contribution is 2.02. The molecule has 0 bridgehead atoms. The van der Waals surface area contributed by atoms with Crippen LogP contribution in [0.3, 0.4) is 0 Å². The van der Waals surface area contributed by atoms with Crippen LogP contribution in [0, 0.1) is 3.57 Å². The minimum absolute atomic E-state index is 0.670. The summed E-state index contributed by atoms with van der Waals surface area (Å²) in [6, 6.07) is 0. The normalized spacial score (nSPS) is 9.83. The Balaban J connectivity index is 2.37. The maximum atomic E-state index is 5.33. The first-order valence-electron chi connectivity index (χ1n) is 3.74. The highest BCUT2D eigenvalue weighted by molar-refractivity contribution is 14.1. The van der Waals surface area contributed by atoms with E-state index in [1.807, 2.05) is 0 Å². The summed E-state index contributed by atoms with van der Waals surface area (Å²) in [5.74, 6) is 0.670. The van der Waals surface area contributed by atoms with Gasteiger partial charge in [0.05, 0.1) is 0 Å². The number of rotatable bonds is 4. The molecule has 66 valence electrons. The first kappa shape index (κ1) is 9.66. The highest BCUT2D eigenvalue weighted by Gasteiger charge is 1.92. The minimum atomic E-state index is 0.670. The van der Waals surface area contributed by atoms with Gasteiger partial charge in [0.25, 0.3) is 0 Å². The molecule has 0 atom stereocenters. The van der Waals surface area contributed by atoms with E-state index in [1.165, 1.54) is 0 Å². The van der Waals surface area contributed by atoms with Crippen molar-refractivity contribution in [2.45, 2.75) is 6.42 Å². The molecule has 1 rings (SSSR count). The van der Waals surface area contributed by atoms with E-state index in [0.29, 0.717) is 12.5 Å². The van der Waals surface area contributed by atoms with E-state index < -0.39 is 0 Å². The summed E-state index contributed by atoms with van der Waals surface area (Å²) in [6.07, 6.45) is 4.49. The molecule has 12 heavy (non-hydrogen) atoms. The molecular weight excluding hydrogens is 267 g/mol. The fourth-order valence-electron chi connectivity index (χ4n) is 0.706. The van der Waals surface area contributed by atoms with E-state index in [9.17, 15) is 0 Å². The Morgan fingerprint density at radius 2 is 2.08 bits per heavy atom. The molecule has 0 spiro atoms. The summed E-state index contributed by atoms with van der Waals surface area (Å²) in [5, 5.41) is 3.07. The van der Waals surface area contributed by atoms with E-state index in [4.69, 9.17) is 5.73 Å². The van der Waals surface area contributed by atoms with Crippen molar-refractivity contribution in [3.8, 4) is 0 Å². The van der Waals surface area contributed by atoms with Crippen molar-refractivity contribution in [1.82, 2.24) is 9.97 Å².